The molecule has 0 aliphatic carbocycles. The molecule has 0 saturated carbocycles. The van der Waals surface area contributed by atoms with Crippen LogP contribution in [-0.4, -0.2) is 44.1 Å². The van der Waals surface area contributed by atoms with E-state index in [0.717, 1.165) is 12.2 Å². The lowest BCUT2D eigenvalue weighted by atomic mass is 10.0. The van der Waals surface area contributed by atoms with E-state index in [-0.39, 0.29) is 0 Å². The first-order chi connectivity index (χ1) is 7.30. The zero-order chi connectivity index (χ0) is 12.8. The average Bonchev–Trinajstić information content (AvgIpc) is 2.10. The SMILES string of the molecule is CCO[P@](C)(=O)SCCC(C(C)C)N(C)C. The van der Waals surface area contributed by atoms with Crippen LogP contribution in [0.3, 0.4) is 0 Å². The predicted octanol–water partition coefficient (Wildman–Crippen LogP) is 3.56. The average molecular weight is 267 g/mol. The molecule has 3 nitrogen and oxygen atoms in total. The van der Waals surface area contributed by atoms with Gasteiger partial charge in [-0.25, -0.2) is 0 Å². The third-order valence-electron chi connectivity index (χ3n) is 2.54. The van der Waals surface area contributed by atoms with Gasteiger partial charge in [0, 0.05) is 18.5 Å². The summed E-state index contributed by atoms with van der Waals surface area (Å²) >= 11 is 1.47. The molecule has 0 rings (SSSR count). The van der Waals surface area contributed by atoms with Crippen molar-refractivity contribution in [3.63, 3.8) is 0 Å². The van der Waals surface area contributed by atoms with E-state index in [9.17, 15) is 4.57 Å². The fraction of sp³-hybridized carbons (Fsp3) is 1.00. The largest absolute Gasteiger partial charge is 0.322 e. The van der Waals surface area contributed by atoms with Crippen molar-refractivity contribution in [2.45, 2.75) is 33.2 Å². The molecule has 0 fully saturated rings. The summed E-state index contributed by atoms with van der Waals surface area (Å²) in [6.07, 6.45) is 1.06. The van der Waals surface area contributed by atoms with Crippen LogP contribution < -0.4 is 0 Å². The van der Waals surface area contributed by atoms with Gasteiger partial charge in [-0.2, -0.15) is 0 Å². The normalized spacial score (nSPS) is 17.8. The molecule has 0 aromatic rings. The molecular formula is C11H26NO2PS. The van der Waals surface area contributed by atoms with Crippen LogP contribution in [0.4, 0.5) is 0 Å². The van der Waals surface area contributed by atoms with Crippen LogP contribution >= 0.6 is 18.0 Å². The summed E-state index contributed by atoms with van der Waals surface area (Å²) in [5.41, 5.74) is 0. The van der Waals surface area contributed by atoms with Crippen molar-refractivity contribution in [3.05, 3.63) is 0 Å². The predicted molar refractivity (Wildman–Crippen MR) is 74.5 cm³/mol. The number of hydrogen-bond donors (Lipinski definition) is 0. The lowest BCUT2D eigenvalue weighted by molar-refractivity contribution is 0.226. The molecule has 0 aromatic carbocycles. The molecule has 0 radical (unpaired) electrons. The summed E-state index contributed by atoms with van der Waals surface area (Å²) in [7, 11) is 4.20. The Bertz CT molecular complexity index is 226. The molecule has 0 saturated heterocycles. The molecule has 16 heavy (non-hydrogen) atoms. The van der Waals surface area contributed by atoms with Crippen LogP contribution in [0, 0.1) is 5.92 Å². The molecule has 0 aliphatic heterocycles. The minimum atomic E-state index is -2.41. The molecule has 0 amide bonds. The van der Waals surface area contributed by atoms with Crippen LogP contribution in [0.1, 0.15) is 27.2 Å². The van der Waals surface area contributed by atoms with E-state index in [1.54, 1.807) is 6.66 Å². The Morgan fingerprint density at radius 1 is 1.38 bits per heavy atom. The quantitative estimate of drug-likeness (QED) is 0.629. The van der Waals surface area contributed by atoms with Crippen LogP contribution in [-0.2, 0) is 9.09 Å². The number of nitrogens with zero attached hydrogens (tertiary/aromatic N) is 1. The van der Waals surface area contributed by atoms with E-state index in [4.69, 9.17) is 4.52 Å². The van der Waals surface area contributed by atoms with E-state index >= 15 is 0 Å². The van der Waals surface area contributed by atoms with Gasteiger partial charge in [0.1, 0.15) is 0 Å². The summed E-state index contributed by atoms with van der Waals surface area (Å²) in [4.78, 5) is 2.24. The Morgan fingerprint density at radius 3 is 2.31 bits per heavy atom. The van der Waals surface area contributed by atoms with Gasteiger partial charge in [0.15, 0.2) is 0 Å². The lowest BCUT2D eigenvalue weighted by Gasteiger charge is -2.28. The summed E-state index contributed by atoms with van der Waals surface area (Å²) < 4.78 is 17.1. The van der Waals surface area contributed by atoms with Crippen LogP contribution in [0.15, 0.2) is 0 Å². The summed E-state index contributed by atoms with van der Waals surface area (Å²) in [5, 5.41) is 0. The summed E-state index contributed by atoms with van der Waals surface area (Å²) in [6.45, 7) is 6.16. The Morgan fingerprint density at radius 2 is 1.94 bits per heavy atom. The summed E-state index contributed by atoms with van der Waals surface area (Å²) in [5.74, 6) is 1.52. The first kappa shape index (κ1) is 16.5. The molecule has 0 heterocycles. The maximum Gasteiger partial charge on any atom is 0.254 e. The van der Waals surface area contributed by atoms with Crippen LogP contribution in [0.2, 0.25) is 0 Å². The third-order valence-corrected chi connectivity index (χ3v) is 6.42. The molecule has 5 heteroatoms. The van der Waals surface area contributed by atoms with Gasteiger partial charge in [0.05, 0.1) is 6.61 Å². The van der Waals surface area contributed by atoms with Crippen molar-refractivity contribution in [2.24, 2.45) is 5.92 Å². The monoisotopic (exact) mass is 267 g/mol. The molecule has 0 N–H and O–H groups in total. The second-order valence-electron chi connectivity index (χ2n) is 4.59. The highest BCUT2D eigenvalue weighted by molar-refractivity contribution is 8.56. The molecule has 0 aromatic heterocycles. The maximum absolute atomic E-state index is 11.9. The van der Waals surface area contributed by atoms with Gasteiger partial charge in [-0.15, -0.1) is 0 Å². The van der Waals surface area contributed by atoms with E-state index in [2.05, 4.69) is 32.8 Å². The molecular weight excluding hydrogens is 241 g/mol. The van der Waals surface area contributed by atoms with Crippen molar-refractivity contribution in [2.75, 3.05) is 33.1 Å². The molecule has 0 spiro atoms. The second-order valence-corrected chi connectivity index (χ2v) is 9.82. The highest BCUT2D eigenvalue weighted by atomic mass is 32.7. The van der Waals surface area contributed by atoms with Gasteiger partial charge >= 0.3 is 0 Å². The second kappa shape index (κ2) is 7.75. The minimum Gasteiger partial charge on any atom is -0.322 e. The minimum absolute atomic E-state index is 0.530. The third kappa shape index (κ3) is 6.95. The number of hydrogen-bond acceptors (Lipinski definition) is 4. The van der Waals surface area contributed by atoms with Gasteiger partial charge in [-0.3, -0.25) is 4.57 Å². The van der Waals surface area contributed by atoms with Crippen molar-refractivity contribution in [1.29, 1.82) is 0 Å². The number of rotatable bonds is 8. The van der Waals surface area contributed by atoms with Crippen molar-refractivity contribution in [3.8, 4) is 0 Å². The maximum atomic E-state index is 11.9. The highest BCUT2D eigenvalue weighted by Gasteiger charge is 2.19. The fourth-order valence-electron chi connectivity index (χ4n) is 1.80. The van der Waals surface area contributed by atoms with Gasteiger partial charge < -0.3 is 9.42 Å². The van der Waals surface area contributed by atoms with Gasteiger partial charge in [-0.05, 0) is 33.4 Å². The van der Waals surface area contributed by atoms with Crippen molar-refractivity contribution in [1.82, 2.24) is 4.90 Å². The van der Waals surface area contributed by atoms with Crippen molar-refractivity contribution < 1.29 is 9.09 Å². The zero-order valence-corrected chi connectivity index (χ0v) is 13.1. The Kier molecular flexibility index (Phi) is 8.00. The van der Waals surface area contributed by atoms with Crippen LogP contribution in [0.5, 0.6) is 0 Å². The summed E-state index contributed by atoms with van der Waals surface area (Å²) in [6, 6.07) is 0.550. The lowest BCUT2D eigenvalue weighted by Crippen LogP contribution is -2.33. The van der Waals surface area contributed by atoms with Gasteiger partial charge in [0.2, 0.25) is 0 Å². The Balaban J connectivity index is 4.00. The van der Waals surface area contributed by atoms with Gasteiger partial charge in [-0.1, -0.05) is 25.2 Å². The molecule has 98 valence electrons. The first-order valence-corrected chi connectivity index (χ1v) is 9.49. The van der Waals surface area contributed by atoms with Crippen molar-refractivity contribution >= 4 is 18.0 Å². The van der Waals surface area contributed by atoms with E-state index < -0.39 is 6.57 Å². The molecule has 1 unspecified atom stereocenters. The molecule has 2 atom stereocenters. The Hall–Kier alpha value is 0.500. The molecule has 0 bridgehead atoms. The van der Waals surface area contributed by atoms with E-state index in [0.29, 0.717) is 18.6 Å². The van der Waals surface area contributed by atoms with Gasteiger partial charge in [0.25, 0.3) is 6.57 Å². The van der Waals surface area contributed by atoms with Crippen LogP contribution in [0.25, 0.3) is 0 Å². The standard InChI is InChI=1S/C11H26NO2PS/c1-7-14-15(6,13)16-9-8-11(10(2)3)12(4)5/h10-11H,7-9H2,1-6H3/t11?,15-/m0/s1. The van der Waals surface area contributed by atoms with E-state index in [1.807, 2.05) is 6.92 Å². The smallest absolute Gasteiger partial charge is 0.254 e. The topological polar surface area (TPSA) is 29.5 Å². The molecule has 0 aliphatic rings. The first-order valence-electron chi connectivity index (χ1n) is 5.83. The fourth-order valence-corrected chi connectivity index (χ4v) is 4.87. The zero-order valence-electron chi connectivity index (χ0n) is 11.4. The Labute approximate surface area is 105 Å². The van der Waals surface area contributed by atoms with E-state index in [1.165, 1.54) is 11.4 Å². The highest BCUT2D eigenvalue weighted by Crippen LogP contribution is 2.56.